The summed E-state index contributed by atoms with van der Waals surface area (Å²) in [6, 6.07) is 10.4. The Morgan fingerprint density at radius 2 is 1.64 bits per heavy atom. The van der Waals surface area contributed by atoms with Gasteiger partial charge >= 0.3 is 0 Å². The first-order valence-corrected chi connectivity index (χ1v) is 13.4. The van der Waals surface area contributed by atoms with E-state index in [-0.39, 0.29) is 23.7 Å². The lowest BCUT2D eigenvalue weighted by molar-refractivity contribution is -0.111. The van der Waals surface area contributed by atoms with Gasteiger partial charge in [-0.1, -0.05) is 17.7 Å². The van der Waals surface area contributed by atoms with Gasteiger partial charge in [0.05, 0.1) is 40.8 Å². The first-order chi connectivity index (χ1) is 19.9. The van der Waals surface area contributed by atoms with Crippen molar-refractivity contribution in [2.75, 3.05) is 12.4 Å². The molecule has 4 rings (SSSR count). The summed E-state index contributed by atoms with van der Waals surface area (Å²) in [4.78, 5) is 12.7. The molecule has 4 aromatic rings. The molecule has 0 aliphatic rings. The van der Waals surface area contributed by atoms with Crippen LogP contribution in [0.25, 0.3) is 6.08 Å². The summed E-state index contributed by atoms with van der Waals surface area (Å²) in [5.74, 6) is -9.62. The number of benzene rings is 3. The van der Waals surface area contributed by atoms with Gasteiger partial charge in [0.2, 0.25) is 11.7 Å². The normalized spacial score (nSPS) is 11.3. The number of ether oxygens (including phenoxy) is 2. The van der Waals surface area contributed by atoms with Crippen LogP contribution < -0.4 is 14.8 Å². The van der Waals surface area contributed by atoms with Gasteiger partial charge in [-0.15, -0.1) is 0 Å². The minimum absolute atomic E-state index is 0.165. The van der Waals surface area contributed by atoms with Crippen LogP contribution in [0.1, 0.15) is 28.1 Å². The zero-order chi connectivity index (χ0) is 30.7. The molecule has 0 spiro atoms. The van der Waals surface area contributed by atoms with Crippen LogP contribution in [0.5, 0.6) is 11.5 Å². The summed E-state index contributed by atoms with van der Waals surface area (Å²) in [5, 5.41) is 7.29. The number of anilines is 1. The fraction of sp³-hybridized carbons (Fsp3) is 0.172. The summed E-state index contributed by atoms with van der Waals surface area (Å²) in [6.07, 6.45) is 2.82. The number of halogens is 7. The Balaban J connectivity index is 1.49. The minimum atomic E-state index is -2.24. The van der Waals surface area contributed by atoms with E-state index >= 15 is 0 Å². The molecule has 1 N–H and O–H groups in total. The van der Waals surface area contributed by atoms with Gasteiger partial charge in [-0.2, -0.15) is 5.10 Å². The van der Waals surface area contributed by atoms with Gasteiger partial charge in [0.25, 0.3) is 0 Å². The second kappa shape index (κ2) is 13.0. The second-order valence-electron chi connectivity index (χ2n) is 9.01. The highest BCUT2D eigenvalue weighted by atomic mass is 79.9. The Hall–Kier alpha value is -3.90. The van der Waals surface area contributed by atoms with Crippen molar-refractivity contribution in [1.82, 2.24) is 9.78 Å². The average molecular weight is 671 g/mol. The number of carbonyl (C=O) groups excluding carboxylic acids is 1. The number of hydrogen-bond acceptors (Lipinski definition) is 4. The molecular formula is C29H22BrClF5N3O3. The predicted octanol–water partition coefficient (Wildman–Crippen LogP) is 7.90. The van der Waals surface area contributed by atoms with Gasteiger partial charge in [0, 0.05) is 16.7 Å². The van der Waals surface area contributed by atoms with E-state index in [1.807, 2.05) is 0 Å². The third-order valence-electron chi connectivity index (χ3n) is 6.25. The van der Waals surface area contributed by atoms with Gasteiger partial charge in [0.15, 0.2) is 23.3 Å². The van der Waals surface area contributed by atoms with E-state index in [1.54, 1.807) is 42.5 Å². The summed E-state index contributed by atoms with van der Waals surface area (Å²) in [5.41, 5.74) is 1.08. The molecule has 1 heterocycles. The molecule has 0 atom stereocenters. The predicted molar refractivity (Wildman–Crippen MR) is 151 cm³/mol. The molecule has 6 nitrogen and oxygen atoms in total. The van der Waals surface area contributed by atoms with Crippen LogP contribution >= 0.6 is 27.5 Å². The fourth-order valence-electron chi connectivity index (χ4n) is 4.07. The number of nitrogens with one attached hydrogen (secondary N) is 1. The molecule has 0 aliphatic carbocycles. The zero-order valence-corrected chi connectivity index (χ0v) is 24.6. The van der Waals surface area contributed by atoms with Gasteiger partial charge in [-0.05, 0) is 71.7 Å². The number of amides is 1. The molecule has 0 saturated heterocycles. The quantitative estimate of drug-likeness (QED) is 0.0852. The number of methoxy groups -OCH3 is 1. The van der Waals surface area contributed by atoms with Crippen molar-refractivity contribution in [2.24, 2.45) is 0 Å². The molecule has 3 aromatic carbocycles. The Kier molecular flexibility index (Phi) is 9.57. The van der Waals surface area contributed by atoms with Gasteiger partial charge < -0.3 is 14.8 Å². The van der Waals surface area contributed by atoms with Crippen LogP contribution in [0.15, 0.2) is 46.9 Å². The van der Waals surface area contributed by atoms with E-state index < -0.39 is 47.1 Å². The van der Waals surface area contributed by atoms with Crippen LogP contribution in [-0.2, 0) is 17.9 Å². The maximum atomic E-state index is 14.2. The number of nitrogens with zero attached hydrogens (tertiary/aromatic N) is 2. The monoisotopic (exact) mass is 669 g/mol. The van der Waals surface area contributed by atoms with Crippen molar-refractivity contribution in [1.29, 1.82) is 0 Å². The van der Waals surface area contributed by atoms with E-state index in [0.717, 1.165) is 4.68 Å². The van der Waals surface area contributed by atoms with Crippen molar-refractivity contribution in [3.8, 4) is 11.5 Å². The molecule has 0 aliphatic heterocycles. The Bertz CT molecular complexity index is 1680. The summed E-state index contributed by atoms with van der Waals surface area (Å²) in [6.45, 7) is 2.43. The summed E-state index contributed by atoms with van der Waals surface area (Å²) < 4.78 is 82.0. The van der Waals surface area contributed by atoms with Crippen molar-refractivity contribution in [3.05, 3.63) is 109 Å². The highest BCUT2D eigenvalue weighted by molar-refractivity contribution is 9.10. The lowest BCUT2D eigenvalue weighted by Gasteiger charge is -2.12. The lowest BCUT2D eigenvalue weighted by Crippen LogP contribution is -2.13. The number of rotatable bonds is 9. The molecule has 0 radical (unpaired) electrons. The third kappa shape index (κ3) is 6.60. The first-order valence-electron chi connectivity index (χ1n) is 12.2. The Labute approximate surface area is 250 Å². The highest BCUT2D eigenvalue weighted by Gasteiger charge is 2.27. The SMILES string of the molecule is COc1ccc(C=CC(=O)Nc2c(C)nn(Cc3c(F)c(F)c(F)c(F)c3F)c2C)cc1COc1ccc(Cl)cc1Br. The largest absolute Gasteiger partial charge is 0.496 e. The molecule has 220 valence electrons. The molecule has 1 aromatic heterocycles. The maximum absolute atomic E-state index is 14.2. The fourth-order valence-corrected chi connectivity index (χ4v) is 4.87. The Morgan fingerprint density at radius 3 is 2.29 bits per heavy atom. The van der Waals surface area contributed by atoms with E-state index in [0.29, 0.717) is 32.1 Å². The standard InChI is InChI=1S/C29H22BrClF5N3O3/c1-14-29(15(2)39(38-14)12-19-24(32)26(34)28(36)27(35)25(19)33)37-23(40)9-5-16-4-7-21(41-3)17(10-16)13-42-22-8-6-18(31)11-20(22)30/h4-11H,12-13H2,1-3H3,(H,37,40). The number of carbonyl (C=O) groups is 1. The lowest BCUT2D eigenvalue weighted by atomic mass is 10.1. The van der Waals surface area contributed by atoms with Crippen LogP contribution in [-0.4, -0.2) is 22.8 Å². The number of hydrogen-bond donors (Lipinski definition) is 1. The number of aryl methyl sites for hydroxylation is 1. The third-order valence-corrected chi connectivity index (χ3v) is 7.10. The van der Waals surface area contributed by atoms with Crippen molar-refractivity contribution in [2.45, 2.75) is 27.0 Å². The van der Waals surface area contributed by atoms with E-state index in [1.165, 1.54) is 27.0 Å². The van der Waals surface area contributed by atoms with E-state index in [4.69, 9.17) is 21.1 Å². The van der Waals surface area contributed by atoms with Crippen LogP contribution in [0.4, 0.5) is 27.6 Å². The molecule has 0 unspecified atom stereocenters. The minimum Gasteiger partial charge on any atom is -0.496 e. The summed E-state index contributed by atoms with van der Waals surface area (Å²) in [7, 11) is 1.52. The molecule has 0 saturated carbocycles. The van der Waals surface area contributed by atoms with Crippen LogP contribution in [0.2, 0.25) is 5.02 Å². The van der Waals surface area contributed by atoms with Crippen LogP contribution in [0.3, 0.4) is 0 Å². The summed E-state index contributed by atoms with van der Waals surface area (Å²) >= 11 is 9.38. The molecular weight excluding hydrogens is 649 g/mol. The van der Waals surface area contributed by atoms with Gasteiger partial charge in [-0.3, -0.25) is 9.48 Å². The first kappa shape index (κ1) is 31.0. The zero-order valence-electron chi connectivity index (χ0n) is 22.3. The van der Waals surface area contributed by atoms with Crippen molar-refractivity contribution in [3.63, 3.8) is 0 Å². The van der Waals surface area contributed by atoms with Crippen LogP contribution in [0, 0.1) is 42.9 Å². The molecule has 42 heavy (non-hydrogen) atoms. The molecule has 0 bridgehead atoms. The maximum Gasteiger partial charge on any atom is 0.248 e. The van der Waals surface area contributed by atoms with Crippen molar-refractivity contribution < 1.29 is 36.2 Å². The second-order valence-corrected chi connectivity index (χ2v) is 10.3. The van der Waals surface area contributed by atoms with Crippen molar-refractivity contribution >= 4 is 45.2 Å². The average Bonchev–Trinajstić information content (AvgIpc) is 3.23. The topological polar surface area (TPSA) is 65.4 Å². The Morgan fingerprint density at radius 1 is 1.00 bits per heavy atom. The molecule has 0 fully saturated rings. The smallest absolute Gasteiger partial charge is 0.248 e. The van der Waals surface area contributed by atoms with Gasteiger partial charge in [0.1, 0.15) is 18.1 Å². The van der Waals surface area contributed by atoms with E-state index in [2.05, 4.69) is 26.3 Å². The molecule has 1 amide bonds. The van der Waals surface area contributed by atoms with Gasteiger partial charge in [-0.25, -0.2) is 22.0 Å². The highest BCUT2D eigenvalue weighted by Crippen LogP contribution is 2.30. The van der Waals surface area contributed by atoms with E-state index in [9.17, 15) is 26.7 Å². The molecule has 13 heteroatoms. The number of aromatic nitrogens is 2.